The lowest BCUT2D eigenvalue weighted by Crippen LogP contribution is -2.17. The second-order valence-electron chi connectivity index (χ2n) is 4.58. The molecule has 0 atom stereocenters. The zero-order valence-electron chi connectivity index (χ0n) is 10.8. The van der Waals surface area contributed by atoms with Gasteiger partial charge in [-0.05, 0) is 24.6 Å². The van der Waals surface area contributed by atoms with Crippen LogP contribution in [0.2, 0.25) is 0 Å². The Bertz CT molecular complexity index is 760. The van der Waals surface area contributed by atoms with E-state index >= 15 is 0 Å². The van der Waals surface area contributed by atoms with Crippen molar-refractivity contribution in [1.29, 1.82) is 0 Å². The molecule has 104 valence electrons. The number of aromatic nitrogens is 1. The number of aliphatic carboxylic acids is 2. The van der Waals surface area contributed by atoms with Crippen LogP contribution in [0.3, 0.4) is 0 Å². The van der Waals surface area contributed by atoms with Gasteiger partial charge in [0.25, 0.3) is 0 Å². The molecule has 3 N–H and O–H groups in total. The van der Waals surface area contributed by atoms with Crippen LogP contribution in [0.4, 0.5) is 0 Å². The second kappa shape index (κ2) is 5.16. The molecule has 2 rings (SSSR count). The summed E-state index contributed by atoms with van der Waals surface area (Å²) in [7, 11) is 0. The summed E-state index contributed by atoms with van der Waals surface area (Å²) < 4.78 is 0. The summed E-state index contributed by atoms with van der Waals surface area (Å²) in [6.07, 6.45) is -0.544. The monoisotopic (exact) mass is 275 g/mol. The predicted molar refractivity (Wildman–Crippen MR) is 72.0 cm³/mol. The van der Waals surface area contributed by atoms with Crippen LogP contribution in [-0.2, 0) is 22.4 Å². The molecule has 0 radical (unpaired) electrons. The van der Waals surface area contributed by atoms with Crippen molar-refractivity contribution in [3.63, 3.8) is 0 Å². The first-order valence-electron chi connectivity index (χ1n) is 5.96. The Kier molecular flexibility index (Phi) is 3.56. The molecular formula is C14H13NO5. The molecule has 0 bridgehead atoms. The maximum atomic E-state index is 12.3. The van der Waals surface area contributed by atoms with Gasteiger partial charge in [0, 0.05) is 22.2 Å². The van der Waals surface area contributed by atoms with E-state index in [1.807, 2.05) is 0 Å². The molecule has 20 heavy (non-hydrogen) atoms. The summed E-state index contributed by atoms with van der Waals surface area (Å²) in [5, 5.41) is 17.9. The van der Waals surface area contributed by atoms with Crippen molar-refractivity contribution in [2.24, 2.45) is 0 Å². The Balaban J connectivity index is 2.64. The van der Waals surface area contributed by atoms with Crippen molar-refractivity contribution >= 4 is 22.8 Å². The SMILES string of the molecule is Cc1[nH]c2ccc(CC(=O)O)cc2c(=O)c1CC(=O)O. The molecule has 6 heteroatoms. The van der Waals surface area contributed by atoms with Gasteiger partial charge in [0.15, 0.2) is 5.43 Å². The summed E-state index contributed by atoms with van der Waals surface area (Å²) in [6, 6.07) is 4.75. The number of hydrogen-bond acceptors (Lipinski definition) is 3. The van der Waals surface area contributed by atoms with Gasteiger partial charge in [-0.25, -0.2) is 0 Å². The predicted octanol–water partition coefficient (Wildman–Crippen LogP) is 1.09. The molecule has 0 aliphatic heterocycles. The lowest BCUT2D eigenvalue weighted by atomic mass is 10.0. The minimum atomic E-state index is -1.08. The van der Waals surface area contributed by atoms with Gasteiger partial charge in [0.1, 0.15) is 0 Å². The summed E-state index contributed by atoms with van der Waals surface area (Å²) in [5.41, 5.74) is 1.40. The minimum Gasteiger partial charge on any atom is -0.481 e. The standard InChI is InChI=1S/C14H13NO5/c1-7-9(6-13(18)19)14(20)10-4-8(5-12(16)17)2-3-11(10)15-7/h2-4H,5-6H2,1H3,(H,15,20)(H,16,17)(H,18,19). The highest BCUT2D eigenvalue weighted by Gasteiger charge is 2.13. The van der Waals surface area contributed by atoms with Gasteiger partial charge >= 0.3 is 11.9 Å². The molecule has 0 aliphatic carbocycles. The largest absolute Gasteiger partial charge is 0.481 e. The molecule has 0 spiro atoms. The average molecular weight is 275 g/mol. The van der Waals surface area contributed by atoms with Gasteiger partial charge in [0.05, 0.1) is 12.8 Å². The number of carboxylic acids is 2. The maximum Gasteiger partial charge on any atom is 0.308 e. The quantitative estimate of drug-likeness (QED) is 0.774. The second-order valence-corrected chi connectivity index (χ2v) is 4.58. The molecule has 0 unspecified atom stereocenters. The number of aryl methyl sites for hydroxylation is 1. The first kappa shape index (κ1) is 13.8. The number of aromatic amines is 1. The highest BCUT2D eigenvalue weighted by Crippen LogP contribution is 2.14. The fourth-order valence-electron chi connectivity index (χ4n) is 2.15. The van der Waals surface area contributed by atoms with Crippen LogP contribution >= 0.6 is 0 Å². The van der Waals surface area contributed by atoms with E-state index in [2.05, 4.69) is 4.98 Å². The highest BCUT2D eigenvalue weighted by atomic mass is 16.4. The third kappa shape index (κ3) is 2.69. The molecule has 0 amide bonds. The molecule has 2 aromatic rings. The normalized spacial score (nSPS) is 10.7. The number of fused-ring (bicyclic) bond motifs is 1. The molecule has 1 heterocycles. The highest BCUT2D eigenvalue weighted by molar-refractivity contribution is 5.83. The Morgan fingerprint density at radius 1 is 1.15 bits per heavy atom. The van der Waals surface area contributed by atoms with E-state index in [0.717, 1.165) is 0 Å². The first-order chi connectivity index (χ1) is 9.38. The lowest BCUT2D eigenvalue weighted by molar-refractivity contribution is -0.137. The molecular weight excluding hydrogens is 262 g/mol. The summed E-state index contributed by atoms with van der Waals surface area (Å²) in [6.45, 7) is 1.64. The van der Waals surface area contributed by atoms with Crippen LogP contribution in [0, 0.1) is 6.92 Å². The Morgan fingerprint density at radius 3 is 2.40 bits per heavy atom. The lowest BCUT2D eigenvalue weighted by Gasteiger charge is -2.07. The minimum absolute atomic E-state index is 0.183. The van der Waals surface area contributed by atoms with Crippen LogP contribution in [0.1, 0.15) is 16.8 Å². The smallest absolute Gasteiger partial charge is 0.308 e. The number of carbonyl (C=O) groups is 2. The Hall–Kier alpha value is -2.63. The van der Waals surface area contributed by atoms with E-state index in [1.54, 1.807) is 19.1 Å². The molecule has 6 nitrogen and oxygen atoms in total. The van der Waals surface area contributed by atoms with Crippen molar-refractivity contribution < 1.29 is 19.8 Å². The summed E-state index contributed by atoms with van der Waals surface area (Å²) in [5.74, 6) is -2.07. The average Bonchev–Trinajstić information content (AvgIpc) is 2.34. The Labute approximate surface area is 113 Å². The molecule has 0 fully saturated rings. The zero-order valence-corrected chi connectivity index (χ0v) is 10.8. The van der Waals surface area contributed by atoms with Gasteiger partial charge in [0.2, 0.25) is 0 Å². The number of rotatable bonds is 4. The van der Waals surface area contributed by atoms with E-state index in [0.29, 0.717) is 22.2 Å². The number of pyridine rings is 1. The van der Waals surface area contributed by atoms with Gasteiger partial charge in [-0.15, -0.1) is 0 Å². The molecule has 1 aromatic heterocycles. The third-order valence-corrected chi connectivity index (χ3v) is 3.06. The molecule has 0 saturated heterocycles. The van der Waals surface area contributed by atoms with Crippen molar-refractivity contribution in [2.75, 3.05) is 0 Å². The van der Waals surface area contributed by atoms with E-state index < -0.39 is 11.9 Å². The van der Waals surface area contributed by atoms with Crippen LogP contribution in [0.15, 0.2) is 23.0 Å². The number of H-pyrrole nitrogens is 1. The van der Waals surface area contributed by atoms with Crippen LogP contribution in [0.5, 0.6) is 0 Å². The van der Waals surface area contributed by atoms with Gasteiger partial charge in [-0.2, -0.15) is 0 Å². The summed E-state index contributed by atoms with van der Waals surface area (Å²) >= 11 is 0. The van der Waals surface area contributed by atoms with Gasteiger partial charge in [-0.1, -0.05) is 6.07 Å². The van der Waals surface area contributed by atoms with E-state index in [4.69, 9.17) is 10.2 Å². The third-order valence-electron chi connectivity index (χ3n) is 3.06. The molecule has 0 aliphatic rings. The fraction of sp³-hybridized carbons (Fsp3) is 0.214. The van der Waals surface area contributed by atoms with Crippen molar-refractivity contribution in [1.82, 2.24) is 4.98 Å². The number of nitrogens with one attached hydrogen (secondary N) is 1. The number of benzene rings is 1. The van der Waals surface area contributed by atoms with E-state index in [-0.39, 0.29) is 23.8 Å². The molecule has 0 saturated carbocycles. The fourth-order valence-corrected chi connectivity index (χ4v) is 2.15. The van der Waals surface area contributed by atoms with Crippen LogP contribution in [-0.4, -0.2) is 27.1 Å². The number of carboxylic acid groups (broad SMARTS) is 2. The van der Waals surface area contributed by atoms with Crippen molar-refractivity contribution in [2.45, 2.75) is 19.8 Å². The van der Waals surface area contributed by atoms with Crippen LogP contribution in [0.25, 0.3) is 10.9 Å². The van der Waals surface area contributed by atoms with Crippen molar-refractivity contribution in [3.05, 3.63) is 45.2 Å². The van der Waals surface area contributed by atoms with E-state index in [1.165, 1.54) is 6.07 Å². The molecule has 1 aromatic carbocycles. The first-order valence-corrected chi connectivity index (χ1v) is 5.96. The topological polar surface area (TPSA) is 107 Å². The summed E-state index contributed by atoms with van der Waals surface area (Å²) in [4.78, 5) is 36.8. The van der Waals surface area contributed by atoms with Crippen molar-refractivity contribution in [3.8, 4) is 0 Å². The van der Waals surface area contributed by atoms with Crippen LogP contribution < -0.4 is 5.43 Å². The van der Waals surface area contributed by atoms with Gasteiger partial charge in [-0.3, -0.25) is 14.4 Å². The Morgan fingerprint density at radius 2 is 1.80 bits per heavy atom. The number of hydrogen-bond donors (Lipinski definition) is 3. The van der Waals surface area contributed by atoms with Gasteiger partial charge < -0.3 is 15.2 Å². The maximum absolute atomic E-state index is 12.3. The van der Waals surface area contributed by atoms with E-state index in [9.17, 15) is 14.4 Å². The zero-order chi connectivity index (χ0) is 14.9.